The molecule has 0 radical (unpaired) electrons. The van der Waals surface area contributed by atoms with Gasteiger partial charge in [-0.05, 0) is 18.2 Å². The van der Waals surface area contributed by atoms with E-state index in [1.54, 1.807) is 11.0 Å². The van der Waals surface area contributed by atoms with Gasteiger partial charge < -0.3 is 20.0 Å². The number of amides is 2. The number of rotatable bonds is 3. The normalized spacial score (nSPS) is 14.7. The van der Waals surface area contributed by atoms with E-state index in [9.17, 15) is 14.0 Å². The Labute approximate surface area is 148 Å². The zero-order valence-electron chi connectivity index (χ0n) is 13.4. The van der Waals surface area contributed by atoms with Crippen molar-refractivity contribution in [2.75, 3.05) is 26.2 Å². The summed E-state index contributed by atoms with van der Waals surface area (Å²) in [4.78, 5) is 28.0. The van der Waals surface area contributed by atoms with Crippen LogP contribution >= 0.6 is 11.6 Å². The fourth-order valence-electron chi connectivity index (χ4n) is 2.76. The molecule has 2 heterocycles. The smallest absolute Gasteiger partial charge is 0.258 e. The van der Waals surface area contributed by atoms with Crippen molar-refractivity contribution in [3.8, 4) is 0 Å². The highest BCUT2D eigenvalue weighted by Gasteiger charge is 2.28. The second-order valence-electron chi connectivity index (χ2n) is 5.69. The van der Waals surface area contributed by atoms with Crippen LogP contribution in [0.1, 0.15) is 26.5 Å². The average molecular weight is 366 g/mol. The summed E-state index contributed by atoms with van der Waals surface area (Å²) in [5.41, 5.74) is 5.76. The number of benzene rings is 1. The zero-order chi connectivity index (χ0) is 18.0. The van der Waals surface area contributed by atoms with E-state index in [4.69, 9.17) is 21.8 Å². The van der Waals surface area contributed by atoms with Crippen molar-refractivity contribution in [1.29, 1.82) is 0 Å². The summed E-state index contributed by atoms with van der Waals surface area (Å²) in [6.07, 6.45) is 1.38. The number of nitrogens with two attached hydrogens (primary N) is 1. The quantitative estimate of drug-likeness (QED) is 0.903. The van der Waals surface area contributed by atoms with Gasteiger partial charge in [0, 0.05) is 26.2 Å². The molecule has 2 amide bonds. The number of hydrogen-bond acceptors (Lipinski definition) is 4. The van der Waals surface area contributed by atoms with Gasteiger partial charge in [-0.2, -0.15) is 0 Å². The lowest BCUT2D eigenvalue weighted by Gasteiger charge is -2.34. The number of carbonyl (C=O) groups excluding carboxylic acids is 2. The summed E-state index contributed by atoms with van der Waals surface area (Å²) in [6.45, 7) is 1.52. The van der Waals surface area contributed by atoms with Gasteiger partial charge in [0.2, 0.25) is 0 Å². The van der Waals surface area contributed by atoms with Crippen molar-refractivity contribution < 1.29 is 18.4 Å². The standard InChI is InChI=1S/C17H17ClFN3O3/c18-13-2-1-3-14(19)15(13)17(24)22-6-4-21(5-7-22)16(23)11-8-12(9-20)25-10-11/h1-3,8,10H,4-7,9,20H2. The van der Waals surface area contributed by atoms with E-state index in [2.05, 4.69) is 0 Å². The summed E-state index contributed by atoms with van der Waals surface area (Å²) < 4.78 is 19.1. The van der Waals surface area contributed by atoms with Gasteiger partial charge in [-0.25, -0.2) is 4.39 Å². The van der Waals surface area contributed by atoms with Gasteiger partial charge in [-0.15, -0.1) is 0 Å². The molecule has 1 fully saturated rings. The molecule has 1 aromatic carbocycles. The molecule has 132 valence electrons. The van der Waals surface area contributed by atoms with Crippen molar-refractivity contribution in [3.05, 3.63) is 58.3 Å². The van der Waals surface area contributed by atoms with E-state index in [1.165, 1.54) is 29.4 Å². The van der Waals surface area contributed by atoms with Gasteiger partial charge in [-0.1, -0.05) is 17.7 Å². The molecule has 1 saturated heterocycles. The molecule has 1 aromatic heterocycles. The molecule has 0 unspecified atom stereocenters. The minimum Gasteiger partial charge on any atom is -0.467 e. The topological polar surface area (TPSA) is 79.8 Å². The maximum atomic E-state index is 13.9. The highest BCUT2D eigenvalue weighted by molar-refractivity contribution is 6.33. The molecular formula is C17H17ClFN3O3. The molecule has 6 nitrogen and oxygen atoms in total. The van der Waals surface area contributed by atoms with Crippen LogP contribution in [0.4, 0.5) is 4.39 Å². The summed E-state index contributed by atoms with van der Waals surface area (Å²) >= 11 is 5.95. The van der Waals surface area contributed by atoms with Crippen LogP contribution in [-0.2, 0) is 6.54 Å². The number of nitrogens with zero attached hydrogens (tertiary/aromatic N) is 2. The third-order valence-corrected chi connectivity index (χ3v) is 4.45. The summed E-state index contributed by atoms with van der Waals surface area (Å²) in [5, 5.41) is 0.0798. The molecule has 25 heavy (non-hydrogen) atoms. The molecule has 0 spiro atoms. The Bertz CT molecular complexity index is 780. The molecule has 0 saturated carbocycles. The predicted molar refractivity (Wildman–Crippen MR) is 89.8 cm³/mol. The van der Waals surface area contributed by atoms with Crippen LogP contribution in [0.3, 0.4) is 0 Å². The molecule has 0 atom stereocenters. The third kappa shape index (κ3) is 3.52. The van der Waals surface area contributed by atoms with Crippen LogP contribution in [0.25, 0.3) is 0 Å². The largest absolute Gasteiger partial charge is 0.467 e. The summed E-state index contributed by atoms with van der Waals surface area (Å²) in [5.74, 6) is -0.765. The molecular weight excluding hydrogens is 349 g/mol. The van der Waals surface area contributed by atoms with E-state index in [-0.39, 0.29) is 23.0 Å². The van der Waals surface area contributed by atoms with Crippen molar-refractivity contribution in [1.82, 2.24) is 9.80 Å². The third-order valence-electron chi connectivity index (χ3n) is 4.13. The van der Waals surface area contributed by atoms with Crippen molar-refractivity contribution in [3.63, 3.8) is 0 Å². The Morgan fingerprint density at radius 3 is 2.36 bits per heavy atom. The van der Waals surface area contributed by atoms with E-state index < -0.39 is 11.7 Å². The minimum atomic E-state index is -0.649. The van der Waals surface area contributed by atoms with Crippen LogP contribution in [0.2, 0.25) is 5.02 Å². The highest BCUT2D eigenvalue weighted by atomic mass is 35.5. The first-order valence-electron chi connectivity index (χ1n) is 7.81. The van der Waals surface area contributed by atoms with Crippen LogP contribution in [-0.4, -0.2) is 47.8 Å². The summed E-state index contributed by atoms with van der Waals surface area (Å²) in [6, 6.07) is 5.74. The van der Waals surface area contributed by atoms with Crippen LogP contribution in [0.15, 0.2) is 34.9 Å². The maximum absolute atomic E-state index is 13.9. The zero-order valence-corrected chi connectivity index (χ0v) is 14.1. The van der Waals surface area contributed by atoms with Crippen LogP contribution in [0, 0.1) is 5.82 Å². The van der Waals surface area contributed by atoms with Gasteiger partial charge in [0.05, 0.1) is 22.7 Å². The fourth-order valence-corrected chi connectivity index (χ4v) is 3.00. The van der Waals surface area contributed by atoms with Crippen molar-refractivity contribution >= 4 is 23.4 Å². The molecule has 2 aromatic rings. The number of furan rings is 1. The lowest BCUT2D eigenvalue weighted by atomic mass is 10.1. The Balaban J connectivity index is 1.65. The second kappa shape index (κ2) is 7.25. The molecule has 1 aliphatic rings. The minimum absolute atomic E-state index is 0.0798. The highest BCUT2D eigenvalue weighted by Crippen LogP contribution is 2.22. The number of carbonyl (C=O) groups is 2. The molecule has 0 aliphatic carbocycles. The van der Waals surface area contributed by atoms with Crippen molar-refractivity contribution in [2.24, 2.45) is 5.73 Å². The van der Waals surface area contributed by atoms with E-state index in [0.29, 0.717) is 37.5 Å². The fraction of sp³-hybridized carbons (Fsp3) is 0.294. The van der Waals surface area contributed by atoms with Gasteiger partial charge in [-0.3, -0.25) is 9.59 Å². The predicted octanol–water partition coefficient (Wildman–Crippen LogP) is 2.13. The van der Waals surface area contributed by atoms with Gasteiger partial charge in [0.15, 0.2) is 0 Å². The van der Waals surface area contributed by atoms with Gasteiger partial charge in [0.25, 0.3) is 11.8 Å². The molecule has 1 aliphatic heterocycles. The first-order valence-corrected chi connectivity index (χ1v) is 8.19. The van der Waals surface area contributed by atoms with Gasteiger partial charge >= 0.3 is 0 Å². The van der Waals surface area contributed by atoms with E-state index in [1.807, 2.05) is 0 Å². The Morgan fingerprint density at radius 1 is 1.16 bits per heavy atom. The Hall–Kier alpha value is -2.38. The van der Waals surface area contributed by atoms with Crippen LogP contribution < -0.4 is 5.73 Å². The average Bonchev–Trinajstić information content (AvgIpc) is 3.10. The Morgan fingerprint density at radius 2 is 1.80 bits per heavy atom. The van der Waals surface area contributed by atoms with Crippen LogP contribution in [0.5, 0.6) is 0 Å². The molecule has 3 rings (SSSR count). The SMILES string of the molecule is NCc1cc(C(=O)N2CCN(C(=O)c3c(F)cccc3Cl)CC2)co1. The number of halogens is 2. The lowest BCUT2D eigenvalue weighted by molar-refractivity contribution is 0.0532. The first kappa shape index (κ1) is 17.4. The molecule has 2 N–H and O–H groups in total. The summed E-state index contributed by atoms with van der Waals surface area (Å²) in [7, 11) is 0. The maximum Gasteiger partial charge on any atom is 0.258 e. The number of piperazine rings is 1. The van der Waals surface area contributed by atoms with E-state index >= 15 is 0 Å². The van der Waals surface area contributed by atoms with E-state index in [0.717, 1.165) is 0 Å². The molecule has 8 heteroatoms. The number of hydrogen-bond donors (Lipinski definition) is 1. The first-order chi connectivity index (χ1) is 12.0. The second-order valence-corrected chi connectivity index (χ2v) is 6.09. The van der Waals surface area contributed by atoms with Gasteiger partial charge in [0.1, 0.15) is 17.8 Å². The monoisotopic (exact) mass is 365 g/mol. The Kier molecular flexibility index (Phi) is 5.06. The molecule has 0 bridgehead atoms. The van der Waals surface area contributed by atoms with Crippen molar-refractivity contribution in [2.45, 2.75) is 6.54 Å². The lowest BCUT2D eigenvalue weighted by Crippen LogP contribution is -2.50.